The highest BCUT2D eigenvalue weighted by Crippen LogP contribution is 2.38. The van der Waals surface area contributed by atoms with Gasteiger partial charge in [0.05, 0.1) is 55.8 Å². The lowest BCUT2D eigenvalue weighted by atomic mass is 9.87. The number of aryl methyl sites for hydroxylation is 2. The van der Waals surface area contributed by atoms with Crippen molar-refractivity contribution in [1.29, 1.82) is 0 Å². The molecule has 4 aromatic rings. The zero-order chi connectivity index (χ0) is 54.0. The van der Waals surface area contributed by atoms with Crippen LogP contribution in [0.5, 0.6) is 0 Å². The first-order valence-electron chi connectivity index (χ1n) is 28.1. The van der Waals surface area contributed by atoms with Crippen LogP contribution in [0.2, 0.25) is 0 Å². The van der Waals surface area contributed by atoms with Crippen molar-refractivity contribution in [3.63, 3.8) is 0 Å². The van der Waals surface area contributed by atoms with Crippen molar-refractivity contribution in [3.05, 3.63) is 95.1 Å². The average Bonchev–Trinajstić information content (AvgIpc) is 4.33. The van der Waals surface area contributed by atoms with E-state index in [1.165, 1.54) is 11.1 Å². The lowest BCUT2D eigenvalue weighted by Gasteiger charge is -2.38. The molecule has 0 unspecified atom stereocenters. The zero-order valence-corrected chi connectivity index (χ0v) is 45.1. The van der Waals surface area contributed by atoms with Crippen LogP contribution in [0, 0.1) is 0 Å². The Bertz CT molecular complexity index is 2680. The largest absolute Gasteiger partial charge is 0.369 e. The van der Waals surface area contributed by atoms with Gasteiger partial charge in [0.25, 0.3) is 0 Å². The fraction of sp³-hybridized carbons (Fsp3) is 0.607. The van der Waals surface area contributed by atoms with Gasteiger partial charge in [-0.15, -0.1) is 10.2 Å². The molecular weight excluding hydrogens is 981 g/mol. The summed E-state index contributed by atoms with van der Waals surface area (Å²) in [7, 11) is 3.39. The summed E-state index contributed by atoms with van der Waals surface area (Å²) < 4.78 is 9.80. The summed E-state index contributed by atoms with van der Waals surface area (Å²) in [6.07, 6.45) is 14.5. The second kappa shape index (κ2) is 25.7. The quantitative estimate of drug-likeness (QED) is 0.0697. The van der Waals surface area contributed by atoms with Gasteiger partial charge in [-0.2, -0.15) is 0 Å². The van der Waals surface area contributed by atoms with E-state index in [1.807, 2.05) is 52.1 Å². The maximum atomic E-state index is 14.5. The molecule has 11 atom stereocenters. The molecule has 21 nitrogen and oxygen atoms in total. The van der Waals surface area contributed by atoms with Crippen LogP contribution >= 0.6 is 0 Å². The number of hydrogen-bond donors (Lipinski definition) is 6. The first-order chi connectivity index (χ1) is 37.4. The number of unbranched alkanes of at least 4 members (excludes halogenated alkanes) is 1. The number of amides is 6. The van der Waals surface area contributed by atoms with E-state index in [4.69, 9.17) is 4.74 Å². The Morgan fingerprint density at radius 1 is 0.610 bits per heavy atom. The molecule has 21 heteroatoms. The van der Waals surface area contributed by atoms with Crippen molar-refractivity contribution >= 4 is 35.4 Å². The number of rotatable bonds is 20. The van der Waals surface area contributed by atoms with Crippen molar-refractivity contribution in [1.82, 2.24) is 71.7 Å². The van der Waals surface area contributed by atoms with Crippen LogP contribution in [-0.2, 0) is 59.6 Å². The molecule has 4 aliphatic heterocycles. The lowest BCUT2D eigenvalue weighted by Crippen LogP contribution is -2.58. The van der Waals surface area contributed by atoms with Gasteiger partial charge in [-0.25, -0.2) is 9.36 Å². The van der Waals surface area contributed by atoms with Crippen molar-refractivity contribution < 1.29 is 33.5 Å². The number of benzene rings is 2. The van der Waals surface area contributed by atoms with Gasteiger partial charge in [0.2, 0.25) is 35.4 Å². The number of carbonyl (C=O) groups excluding carboxylic acids is 6. The van der Waals surface area contributed by atoms with E-state index >= 15 is 0 Å². The number of aromatic nitrogens is 6. The standard InChI is InChI=1S/C56H78N14O7/c1-35(57-3)51(71)61-47-24-20-41(29-43-22-26-49(69(43)55(47)75)53(73)59-28-11-10-15-37-13-6-5-7-14-37)67-31-39(63-65-67)33-77-34-40-32-68(66-64-40)42-21-25-48(62-52(72)36(2)58-4)56(76)70-44(30-42)23-27-50(70)54(74)60-46-19-12-17-38-16-8-9-18-45(38)46/h5-9,13-14,16,18,31-32,35-36,41-44,46-50,57-58H,10-12,15,17,19-30,33-34H2,1-4H3,(H,59,73)(H,60,74)(H,61,71)(H,62,72)/t35-,36-,41-,42+,43+,44+,46+,47-,48-,49-,50-/m0/s1. The van der Waals surface area contributed by atoms with E-state index < -0.39 is 36.3 Å². The summed E-state index contributed by atoms with van der Waals surface area (Å²) in [5.74, 6) is -1.37. The molecule has 2 aromatic heterocycles. The van der Waals surface area contributed by atoms with Crippen molar-refractivity contribution in [2.75, 3.05) is 20.6 Å². The highest BCUT2D eigenvalue weighted by molar-refractivity contribution is 5.95. The number of fused-ring (bicyclic) bond motifs is 3. The Kier molecular flexibility index (Phi) is 18.4. The molecule has 0 radical (unpaired) electrons. The van der Waals surface area contributed by atoms with Crippen molar-refractivity contribution in [3.8, 4) is 0 Å². The second-order valence-corrected chi connectivity index (χ2v) is 21.8. The highest BCUT2D eigenvalue weighted by Gasteiger charge is 2.48. The van der Waals surface area contributed by atoms with Gasteiger partial charge < -0.3 is 46.4 Å². The van der Waals surface area contributed by atoms with E-state index in [-0.39, 0.29) is 78.9 Å². The van der Waals surface area contributed by atoms with Gasteiger partial charge in [-0.05, 0) is 147 Å². The average molecular weight is 1060 g/mol. The van der Waals surface area contributed by atoms with Crippen molar-refractivity contribution in [2.45, 2.75) is 196 Å². The summed E-state index contributed by atoms with van der Waals surface area (Å²) in [6.45, 7) is 4.29. The van der Waals surface area contributed by atoms with E-state index in [0.29, 0.717) is 82.1 Å². The monoisotopic (exact) mass is 1060 g/mol. The maximum Gasteiger partial charge on any atom is 0.246 e. The molecule has 414 valence electrons. The summed E-state index contributed by atoms with van der Waals surface area (Å²) in [4.78, 5) is 86.7. The molecule has 4 fully saturated rings. The number of carbonyl (C=O) groups is 6. The Labute approximate surface area is 451 Å². The molecule has 6 amide bonds. The lowest BCUT2D eigenvalue weighted by molar-refractivity contribution is -0.145. The molecule has 9 rings (SSSR count). The van der Waals surface area contributed by atoms with Crippen LogP contribution in [0.4, 0.5) is 0 Å². The number of likely N-dealkylation sites (N-methyl/N-ethyl adjacent to an activating group) is 2. The van der Waals surface area contributed by atoms with Crippen LogP contribution in [-0.4, -0.2) is 144 Å². The molecular formula is C56H78N14O7. The van der Waals surface area contributed by atoms with Gasteiger partial charge in [-0.3, -0.25) is 28.8 Å². The van der Waals surface area contributed by atoms with E-state index in [0.717, 1.165) is 44.1 Å². The van der Waals surface area contributed by atoms with Gasteiger partial charge >= 0.3 is 0 Å². The molecule has 1 aliphatic carbocycles. The fourth-order valence-corrected chi connectivity index (χ4v) is 12.2. The highest BCUT2D eigenvalue weighted by atomic mass is 16.5. The van der Waals surface area contributed by atoms with Crippen LogP contribution in [0.3, 0.4) is 0 Å². The zero-order valence-electron chi connectivity index (χ0n) is 45.1. The smallest absolute Gasteiger partial charge is 0.246 e. The second-order valence-electron chi connectivity index (χ2n) is 21.8. The number of nitrogens with zero attached hydrogens (tertiary/aromatic N) is 8. The molecule has 2 aromatic carbocycles. The predicted molar refractivity (Wildman–Crippen MR) is 285 cm³/mol. The molecule has 77 heavy (non-hydrogen) atoms. The van der Waals surface area contributed by atoms with Gasteiger partial charge in [0, 0.05) is 18.6 Å². The third kappa shape index (κ3) is 13.2. The molecule has 4 saturated heterocycles. The fourth-order valence-electron chi connectivity index (χ4n) is 12.2. The minimum Gasteiger partial charge on any atom is -0.369 e. The van der Waals surface area contributed by atoms with Crippen molar-refractivity contribution in [2.24, 2.45) is 0 Å². The van der Waals surface area contributed by atoms with Gasteiger partial charge in [0.1, 0.15) is 35.6 Å². The Hall–Kier alpha value is -6.58. The number of nitrogens with one attached hydrogen (secondary N) is 6. The molecule has 6 heterocycles. The minimum absolute atomic E-state index is 0.125. The maximum absolute atomic E-state index is 14.5. The normalized spacial score (nSPS) is 26.2. The third-order valence-corrected chi connectivity index (χ3v) is 16.8. The van der Waals surface area contributed by atoms with Crippen LogP contribution in [0.1, 0.15) is 150 Å². The van der Waals surface area contributed by atoms with Crippen LogP contribution < -0.4 is 31.9 Å². The molecule has 5 aliphatic rings. The first-order valence-corrected chi connectivity index (χ1v) is 28.1. The SMILES string of the molecule is CN[C@@H](C)C(=O)N[C@H]1CC[C@H](n2cc(COCc3cn([C@@H]4CC[C@H](NC(=O)[C@H](C)NC)C(=O)N5[C@H](CC[C@H]5C(=O)N[C@@H]5CCCc6ccccc65)C4)nn3)nn2)C[C@H]2CC[C@@H](C(=O)NCCCCc3ccccc3)N2C1=O. The van der Waals surface area contributed by atoms with Crippen LogP contribution in [0.25, 0.3) is 0 Å². The first kappa shape index (κ1) is 55.2. The number of hydrogen-bond acceptors (Lipinski definition) is 13. The molecule has 0 saturated carbocycles. The Balaban J connectivity index is 0.824. The molecule has 0 bridgehead atoms. The van der Waals surface area contributed by atoms with Gasteiger partial charge in [0.15, 0.2) is 0 Å². The van der Waals surface area contributed by atoms with Crippen LogP contribution in [0.15, 0.2) is 67.0 Å². The molecule has 0 spiro atoms. The van der Waals surface area contributed by atoms with E-state index in [2.05, 4.69) is 76.8 Å². The predicted octanol–water partition coefficient (Wildman–Crippen LogP) is 3.27. The summed E-state index contributed by atoms with van der Waals surface area (Å²) in [6, 6.07) is 13.6. The Morgan fingerprint density at radius 3 is 1.71 bits per heavy atom. The topological polar surface area (TPSA) is 252 Å². The number of ether oxygens (including phenoxy) is 1. The van der Waals surface area contributed by atoms with Gasteiger partial charge in [-0.1, -0.05) is 65.0 Å². The van der Waals surface area contributed by atoms with E-state index in [9.17, 15) is 28.8 Å². The third-order valence-electron chi connectivity index (χ3n) is 16.8. The van der Waals surface area contributed by atoms with E-state index in [1.54, 1.807) is 37.7 Å². The summed E-state index contributed by atoms with van der Waals surface area (Å²) >= 11 is 0. The Morgan fingerprint density at radius 2 is 1.14 bits per heavy atom. The minimum atomic E-state index is -0.822. The summed E-state index contributed by atoms with van der Waals surface area (Å²) in [5.41, 5.74) is 4.84. The molecule has 6 N–H and O–H groups in total. The summed E-state index contributed by atoms with van der Waals surface area (Å²) in [5, 5.41) is 36.3.